The molecule has 0 saturated carbocycles. The lowest BCUT2D eigenvalue weighted by Gasteiger charge is -2.10. The molecule has 0 bridgehead atoms. The highest BCUT2D eigenvalue weighted by Crippen LogP contribution is 2.20. The van der Waals surface area contributed by atoms with Gasteiger partial charge in [-0.2, -0.15) is 5.26 Å². The van der Waals surface area contributed by atoms with Crippen molar-refractivity contribution >= 4 is 15.9 Å². The van der Waals surface area contributed by atoms with Gasteiger partial charge in [-0.05, 0) is 30.5 Å². The van der Waals surface area contributed by atoms with E-state index in [0.717, 1.165) is 23.7 Å². The van der Waals surface area contributed by atoms with Crippen LogP contribution in [-0.2, 0) is 0 Å². The number of rotatable bonds is 7. The zero-order chi connectivity index (χ0) is 12.5. The first-order chi connectivity index (χ1) is 8.27. The van der Waals surface area contributed by atoms with E-state index in [1.165, 1.54) is 19.3 Å². The lowest BCUT2D eigenvalue weighted by Crippen LogP contribution is -1.97. The van der Waals surface area contributed by atoms with Crippen molar-refractivity contribution < 1.29 is 5.11 Å². The van der Waals surface area contributed by atoms with Crippen LogP contribution in [0.4, 0.5) is 0 Å². The Hall–Kier alpha value is -0.850. The molecule has 0 spiro atoms. The second-order valence-electron chi connectivity index (χ2n) is 4.14. The Morgan fingerprint density at radius 2 is 1.76 bits per heavy atom. The summed E-state index contributed by atoms with van der Waals surface area (Å²) in [7, 11) is 0. The van der Waals surface area contributed by atoms with Gasteiger partial charge in [0.2, 0.25) is 0 Å². The molecule has 0 aliphatic rings. The van der Waals surface area contributed by atoms with Crippen LogP contribution in [0.15, 0.2) is 24.3 Å². The quantitative estimate of drug-likeness (QED) is 0.612. The summed E-state index contributed by atoms with van der Waals surface area (Å²) in [5.74, 6) is 0. The second-order valence-corrected chi connectivity index (χ2v) is 4.93. The van der Waals surface area contributed by atoms with Gasteiger partial charge in [0, 0.05) is 5.33 Å². The molecule has 92 valence electrons. The van der Waals surface area contributed by atoms with Gasteiger partial charge in [0.25, 0.3) is 0 Å². The van der Waals surface area contributed by atoms with Gasteiger partial charge in [-0.15, -0.1) is 0 Å². The van der Waals surface area contributed by atoms with Gasteiger partial charge in [-0.3, -0.25) is 0 Å². The third-order valence-corrected chi connectivity index (χ3v) is 3.35. The Bertz CT molecular complexity index is 355. The zero-order valence-corrected chi connectivity index (χ0v) is 11.5. The molecule has 1 N–H and O–H groups in total. The van der Waals surface area contributed by atoms with E-state index in [1.807, 2.05) is 12.1 Å². The summed E-state index contributed by atoms with van der Waals surface area (Å²) in [5, 5.41) is 19.7. The highest BCUT2D eigenvalue weighted by Gasteiger charge is 2.06. The van der Waals surface area contributed by atoms with Gasteiger partial charge in [0.1, 0.15) is 0 Å². The number of halogens is 1. The molecule has 0 radical (unpaired) electrons. The van der Waals surface area contributed by atoms with Crippen molar-refractivity contribution in [2.45, 2.75) is 38.2 Å². The molecule has 1 atom stereocenters. The van der Waals surface area contributed by atoms with Crippen molar-refractivity contribution in [2.75, 3.05) is 5.33 Å². The second kappa shape index (κ2) is 8.27. The Balaban J connectivity index is 2.31. The molecule has 1 rings (SSSR count). The van der Waals surface area contributed by atoms with Crippen LogP contribution >= 0.6 is 15.9 Å². The number of hydrogen-bond acceptors (Lipinski definition) is 2. The summed E-state index contributed by atoms with van der Waals surface area (Å²) < 4.78 is 0. The molecular weight excluding hydrogens is 278 g/mol. The zero-order valence-electron chi connectivity index (χ0n) is 9.90. The molecule has 0 aromatic heterocycles. The van der Waals surface area contributed by atoms with E-state index in [2.05, 4.69) is 22.0 Å². The summed E-state index contributed by atoms with van der Waals surface area (Å²) in [5.41, 5.74) is 1.54. The lowest BCUT2D eigenvalue weighted by atomic mass is 10.0. The first-order valence-electron chi connectivity index (χ1n) is 6.02. The average molecular weight is 296 g/mol. The fourth-order valence-electron chi connectivity index (χ4n) is 1.73. The van der Waals surface area contributed by atoms with Gasteiger partial charge in [0.05, 0.1) is 17.7 Å². The minimum Gasteiger partial charge on any atom is -0.388 e. The fourth-order valence-corrected chi connectivity index (χ4v) is 2.13. The number of hydrogen-bond donors (Lipinski definition) is 1. The SMILES string of the molecule is N#Cc1ccc([C@@H](O)CCCCCCBr)cc1. The van der Waals surface area contributed by atoms with E-state index in [-0.39, 0.29) is 0 Å². The molecule has 0 aliphatic heterocycles. The van der Waals surface area contributed by atoms with E-state index < -0.39 is 6.10 Å². The maximum Gasteiger partial charge on any atom is 0.0991 e. The van der Waals surface area contributed by atoms with Crippen LogP contribution in [0, 0.1) is 11.3 Å². The van der Waals surface area contributed by atoms with Crippen LogP contribution in [0.25, 0.3) is 0 Å². The number of nitrogens with zero attached hydrogens (tertiary/aromatic N) is 1. The van der Waals surface area contributed by atoms with Gasteiger partial charge in [-0.25, -0.2) is 0 Å². The fraction of sp³-hybridized carbons (Fsp3) is 0.500. The largest absolute Gasteiger partial charge is 0.388 e. The summed E-state index contributed by atoms with van der Waals surface area (Å²) >= 11 is 3.40. The molecule has 0 saturated heterocycles. The minimum atomic E-state index is -0.397. The number of benzene rings is 1. The number of aliphatic hydroxyl groups is 1. The molecule has 0 unspecified atom stereocenters. The van der Waals surface area contributed by atoms with Gasteiger partial charge in [0.15, 0.2) is 0 Å². The van der Waals surface area contributed by atoms with E-state index in [4.69, 9.17) is 5.26 Å². The molecule has 2 nitrogen and oxygen atoms in total. The Kier molecular flexibility index (Phi) is 6.91. The topological polar surface area (TPSA) is 44.0 Å². The molecular formula is C14H18BrNO. The summed E-state index contributed by atoms with van der Waals surface area (Å²) in [6.45, 7) is 0. The monoisotopic (exact) mass is 295 g/mol. The number of aliphatic hydroxyl groups excluding tert-OH is 1. The van der Waals surface area contributed by atoms with Crippen LogP contribution in [0.2, 0.25) is 0 Å². The van der Waals surface area contributed by atoms with Crippen LogP contribution in [0.5, 0.6) is 0 Å². The van der Waals surface area contributed by atoms with Gasteiger partial charge in [-0.1, -0.05) is 47.3 Å². The number of nitriles is 1. The number of alkyl halides is 1. The Morgan fingerprint density at radius 1 is 1.12 bits per heavy atom. The van der Waals surface area contributed by atoms with Gasteiger partial charge >= 0.3 is 0 Å². The van der Waals surface area contributed by atoms with Crippen LogP contribution in [-0.4, -0.2) is 10.4 Å². The maximum absolute atomic E-state index is 9.95. The van der Waals surface area contributed by atoms with E-state index in [9.17, 15) is 5.11 Å². The summed E-state index contributed by atoms with van der Waals surface area (Å²) in [4.78, 5) is 0. The van der Waals surface area contributed by atoms with Gasteiger partial charge < -0.3 is 5.11 Å². The summed E-state index contributed by atoms with van der Waals surface area (Å²) in [6, 6.07) is 9.25. The molecule has 0 amide bonds. The Labute approximate surface area is 111 Å². The van der Waals surface area contributed by atoms with Crippen LogP contribution in [0.1, 0.15) is 49.3 Å². The molecule has 3 heteroatoms. The van der Waals surface area contributed by atoms with E-state index in [0.29, 0.717) is 5.56 Å². The van der Waals surface area contributed by atoms with Crippen molar-refractivity contribution in [2.24, 2.45) is 0 Å². The average Bonchev–Trinajstić information content (AvgIpc) is 2.38. The number of unbranched alkanes of at least 4 members (excludes halogenated alkanes) is 3. The predicted octanol–water partition coefficient (Wildman–Crippen LogP) is 3.94. The van der Waals surface area contributed by atoms with Crippen molar-refractivity contribution in [1.82, 2.24) is 0 Å². The third-order valence-electron chi connectivity index (χ3n) is 2.79. The highest BCUT2D eigenvalue weighted by atomic mass is 79.9. The highest BCUT2D eigenvalue weighted by molar-refractivity contribution is 9.09. The van der Waals surface area contributed by atoms with E-state index in [1.54, 1.807) is 12.1 Å². The third kappa shape index (κ3) is 5.34. The van der Waals surface area contributed by atoms with Crippen molar-refractivity contribution in [1.29, 1.82) is 5.26 Å². The van der Waals surface area contributed by atoms with Crippen LogP contribution < -0.4 is 0 Å². The molecule has 0 heterocycles. The maximum atomic E-state index is 9.95. The molecule has 1 aromatic rings. The first kappa shape index (κ1) is 14.2. The minimum absolute atomic E-state index is 0.397. The van der Waals surface area contributed by atoms with Crippen molar-refractivity contribution in [3.05, 3.63) is 35.4 Å². The predicted molar refractivity (Wildman–Crippen MR) is 73.0 cm³/mol. The first-order valence-corrected chi connectivity index (χ1v) is 7.14. The summed E-state index contributed by atoms with van der Waals surface area (Å²) in [6.07, 6.45) is 5.03. The normalized spacial score (nSPS) is 12.1. The molecule has 1 aromatic carbocycles. The van der Waals surface area contributed by atoms with Crippen LogP contribution in [0.3, 0.4) is 0 Å². The Morgan fingerprint density at radius 3 is 2.35 bits per heavy atom. The standard InChI is InChI=1S/C14H18BrNO/c15-10-4-2-1-3-5-14(17)13-8-6-12(11-16)7-9-13/h6-9,14,17H,1-5,10H2/t14-/m0/s1. The molecule has 0 aliphatic carbocycles. The smallest absolute Gasteiger partial charge is 0.0991 e. The molecule has 0 fully saturated rings. The van der Waals surface area contributed by atoms with E-state index >= 15 is 0 Å². The van der Waals surface area contributed by atoms with Crippen molar-refractivity contribution in [3.63, 3.8) is 0 Å². The molecule has 17 heavy (non-hydrogen) atoms. The lowest BCUT2D eigenvalue weighted by molar-refractivity contribution is 0.163. The van der Waals surface area contributed by atoms with Crippen molar-refractivity contribution in [3.8, 4) is 6.07 Å².